The topological polar surface area (TPSA) is 36.4 Å². The maximum absolute atomic E-state index is 6.14. The first-order valence-electron chi connectivity index (χ1n) is 4.70. The monoisotopic (exact) mass is 335 g/mol. The first-order chi connectivity index (χ1) is 7.31. The fourth-order valence-corrected chi connectivity index (χ4v) is 2.30. The molecule has 15 heavy (non-hydrogen) atoms. The highest BCUT2D eigenvalue weighted by Gasteiger charge is 2.10. The van der Waals surface area contributed by atoms with Gasteiger partial charge in [-0.15, -0.1) is 0 Å². The Labute approximate surface area is 107 Å². The van der Waals surface area contributed by atoms with Crippen LogP contribution in [-0.2, 0) is 4.43 Å². The molecule has 0 atom stereocenters. The van der Waals surface area contributed by atoms with Gasteiger partial charge in [0.05, 0.1) is 17.3 Å². The van der Waals surface area contributed by atoms with Crippen LogP contribution in [0, 0.1) is 0 Å². The summed E-state index contributed by atoms with van der Waals surface area (Å²) in [6.45, 7) is 1.72. The molecule has 1 aromatic carbocycles. The largest absolute Gasteiger partial charge is 0.354 e. The van der Waals surface area contributed by atoms with Crippen LogP contribution in [0.25, 0.3) is 0 Å². The first kappa shape index (κ1) is 11.0. The average molecular weight is 336 g/mol. The van der Waals surface area contributed by atoms with E-state index in [1.165, 1.54) is 5.56 Å². The minimum absolute atomic E-state index is 0.737. The number of hydrogen-bond acceptors (Lipinski definition) is 3. The van der Waals surface area contributed by atoms with Crippen molar-refractivity contribution in [2.75, 3.05) is 18.4 Å². The van der Waals surface area contributed by atoms with Gasteiger partial charge in [0.15, 0.2) is 5.96 Å². The number of rotatable bonds is 2. The SMILES string of the molecule is Clc1cccc(CI)c1NC1=NCCN1. The summed E-state index contributed by atoms with van der Waals surface area (Å²) in [5, 5.41) is 7.13. The maximum Gasteiger partial charge on any atom is 0.195 e. The summed E-state index contributed by atoms with van der Waals surface area (Å²) in [5.74, 6) is 0.814. The van der Waals surface area contributed by atoms with E-state index in [4.69, 9.17) is 11.6 Å². The molecule has 0 bridgehead atoms. The summed E-state index contributed by atoms with van der Waals surface area (Å²) < 4.78 is 0.925. The minimum atomic E-state index is 0.737. The van der Waals surface area contributed by atoms with Crippen molar-refractivity contribution in [1.29, 1.82) is 0 Å². The molecule has 1 aliphatic rings. The van der Waals surface area contributed by atoms with Crippen LogP contribution in [0.15, 0.2) is 23.2 Å². The fourth-order valence-electron chi connectivity index (χ4n) is 1.42. The van der Waals surface area contributed by atoms with Crippen molar-refractivity contribution < 1.29 is 0 Å². The van der Waals surface area contributed by atoms with Crippen LogP contribution in [0.3, 0.4) is 0 Å². The Morgan fingerprint density at radius 2 is 2.40 bits per heavy atom. The molecule has 0 unspecified atom stereocenters. The first-order valence-corrected chi connectivity index (χ1v) is 6.60. The third-order valence-corrected chi connectivity index (χ3v) is 3.30. The van der Waals surface area contributed by atoms with Gasteiger partial charge in [0, 0.05) is 11.0 Å². The number of hydrogen-bond donors (Lipinski definition) is 2. The van der Waals surface area contributed by atoms with Crippen LogP contribution in [0.2, 0.25) is 5.02 Å². The molecule has 2 N–H and O–H groups in total. The normalized spacial score (nSPS) is 14.7. The van der Waals surface area contributed by atoms with E-state index in [9.17, 15) is 0 Å². The van der Waals surface area contributed by atoms with Crippen LogP contribution in [0.1, 0.15) is 5.56 Å². The van der Waals surface area contributed by atoms with Gasteiger partial charge in [-0.3, -0.25) is 4.99 Å². The second-order valence-corrected chi connectivity index (χ2v) is 4.36. The van der Waals surface area contributed by atoms with Gasteiger partial charge in [-0.25, -0.2) is 0 Å². The molecule has 0 saturated heterocycles. The van der Waals surface area contributed by atoms with Gasteiger partial charge in [0.25, 0.3) is 0 Å². The lowest BCUT2D eigenvalue weighted by atomic mass is 10.2. The molecule has 1 aromatic rings. The van der Waals surface area contributed by atoms with Gasteiger partial charge in [-0.2, -0.15) is 0 Å². The highest BCUT2D eigenvalue weighted by atomic mass is 127. The smallest absolute Gasteiger partial charge is 0.195 e. The predicted molar refractivity (Wildman–Crippen MR) is 73.1 cm³/mol. The van der Waals surface area contributed by atoms with Crippen LogP contribution in [0.5, 0.6) is 0 Å². The van der Waals surface area contributed by atoms with E-state index in [1.807, 2.05) is 12.1 Å². The van der Waals surface area contributed by atoms with Crippen molar-refractivity contribution in [3.63, 3.8) is 0 Å². The van der Waals surface area contributed by atoms with Gasteiger partial charge < -0.3 is 10.6 Å². The zero-order valence-electron chi connectivity index (χ0n) is 8.06. The maximum atomic E-state index is 6.14. The molecule has 0 saturated carbocycles. The van der Waals surface area contributed by atoms with Gasteiger partial charge in [-0.1, -0.05) is 46.3 Å². The molecule has 2 rings (SSSR count). The molecule has 0 aliphatic carbocycles. The summed E-state index contributed by atoms with van der Waals surface area (Å²) in [6, 6.07) is 5.91. The van der Waals surface area contributed by atoms with Crippen molar-refractivity contribution in [2.24, 2.45) is 4.99 Å². The van der Waals surface area contributed by atoms with Crippen LogP contribution in [-0.4, -0.2) is 19.0 Å². The molecule has 80 valence electrons. The third kappa shape index (κ3) is 2.55. The highest BCUT2D eigenvalue weighted by molar-refractivity contribution is 14.1. The summed E-state index contributed by atoms with van der Waals surface area (Å²) in [5.41, 5.74) is 2.15. The predicted octanol–water partition coefficient (Wildman–Crippen LogP) is 2.65. The lowest BCUT2D eigenvalue weighted by Crippen LogP contribution is -2.26. The molecule has 3 nitrogen and oxygen atoms in total. The number of benzene rings is 1. The van der Waals surface area contributed by atoms with Gasteiger partial charge in [0.2, 0.25) is 0 Å². The van der Waals surface area contributed by atoms with Crippen molar-refractivity contribution >= 4 is 45.8 Å². The molecule has 0 amide bonds. The Balaban J connectivity index is 2.25. The summed E-state index contributed by atoms with van der Waals surface area (Å²) in [6.07, 6.45) is 0. The number of halogens is 2. The third-order valence-electron chi connectivity index (χ3n) is 2.16. The number of para-hydroxylation sites is 1. The van der Waals surface area contributed by atoms with Crippen molar-refractivity contribution in [3.8, 4) is 0 Å². The minimum Gasteiger partial charge on any atom is -0.354 e. The summed E-state index contributed by atoms with van der Waals surface area (Å²) in [4.78, 5) is 4.28. The van der Waals surface area contributed by atoms with E-state index in [0.29, 0.717) is 0 Å². The van der Waals surface area contributed by atoms with Crippen LogP contribution in [0.4, 0.5) is 5.69 Å². The standard InChI is InChI=1S/C10H11ClIN3/c11-8-3-1-2-7(6-12)9(8)15-10-13-4-5-14-10/h1-3H,4-6H2,(H2,13,14,15). The highest BCUT2D eigenvalue weighted by Crippen LogP contribution is 2.27. The van der Waals surface area contributed by atoms with Crippen LogP contribution >= 0.6 is 34.2 Å². The van der Waals surface area contributed by atoms with E-state index in [1.54, 1.807) is 0 Å². The Morgan fingerprint density at radius 3 is 3.07 bits per heavy atom. The Bertz CT molecular complexity index is 392. The number of nitrogens with one attached hydrogen (secondary N) is 2. The second-order valence-electron chi connectivity index (χ2n) is 3.19. The number of alkyl halides is 1. The van der Waals surface area contributed by atoms with E-state index in [0.717, 1.165) is 34.2 Å². The van der Waals surface area contributed by atoms with Gasteiger partial charge >= 0.3 is 0 Å². The molecular weight excluding hydrogens is 324 g/mol. The van der Waals surface area contributed by atoms with Crippen molar-refractivity contribution in [1.82, 2.24) is 5.32 Å². The van der Waals surface area contributed by atoms with Crippen molar-refractivity contribution in [2.45, 2.75) is 4.43 Å². The quantitative estimate of drug-likeness (QED) is 0.644. The number of anilines is 1. The molecule has 0 spiro atoms. The summed E-state index contributed by atoms with van der Waals surface area (Å²) in [7, 11) is 0. The van der Waals surface area contributed by atoms with Crippen molar-refractivity contribution in [3.05, 3.63) is 28.8 Å². The molecule has 1 heterocycles. The molecular formula is C10H11ClIN3. The Kier molecular flexibility index (Phi) is 3.69. The van der Waals surface area contributed by atoms with Crippen LogP contribution < -0.4 is 10.6 Å². The fraction of sp³-hybridized carbons (Fsp3) is 0.300. The van der Waals surface area contributed by atoms with E-state index in [2.05, 4.69) is 44.3 Å². The zero-order chi connectivity index (χ0) is 10.7. The summed E-state index contributed by atoms with van der Waals surface area (Å²) >= 11 is 8.46. The molecule has 1 aliphatic heterocycles. The second kappa shape index (κ2) is 5.03. The number of guanidine groups is 1. The molecule has 0 radical (unpaired) electrons. The lowest BCUT2D eigenvalue weighted by Gasteiger charge is -2.12. The van der Waals surface area contributed by atoms with E-state index in [-0.39, 0.29) is 0 Å². The molecule has 5 heteroatoms. The zero-order valence-corrected chi connectivity index (χ0v) is 11.0. The average Bonchev–Trinajstić information content (AvgIpc) is 2.74. The molecule has 0 fully saturated rings. The molecule has 0 aromatic heterocycles. The van der Waals surface area contributed by atoms with Gasteiger partial charge in [0.1, 0.15) is 0 Å². The Morgan fingerprint density at radius 1 is 1.53 bits per heavy atom. The number of aliphatic imine (C=N–C) groups is 1. The van der Waals surface area contributed by atoms with Gasteiger partial charge in [-0.05, 0) is 11.6 Å². The van der Waals surface area contributed by atoms with E-state index >= 15 is 0 Å². The Hall–Kier alpha value is -0.490. The van der Waals surface area contributed by atoms with E-state index < -0.39 is 0 Å². The lowest BCUT2D eigenvalue weighted by molar-refractivity contribution is 0.959. The number of nitrogens with zero attached hydrogens (tertiary/aromatic N) is 1.